The van der Waals surface area contributed by atoms with Crippen LogP contribution >= 0.6 is 11.3 Å². The van der Waals surface area contributed by atoms with Gasteiger partial charge < -0.3 is 9.64 Å². The second-order valence-electron chi connectivity index (χ2n) is 8.88. The SMILES string of the molecule is COc1ccc2sc(N(CCCN(C)C)C(=O)c3cc(-c4ccccc4)nc4ccccc34)nc2c1. The number of benzene rings is 3. The Morgan fingerprint density at radius 1 is 0.889 bits per heavy atom. The molecule has 0 bridgehead atoms. The highest BCUT2D eigenvalue weighted by atomic mass is 32.1. The molecule has 0 fully saturated rings. The van der Waals surface area contributed by atoms with Gasteiger partial charge in [0.25, 0.3) is 5.91 Å². The number of para-hydroxylation sites is 1. The van der Waals surface area contributed by atoms with Gasteiger partial charge >= 0.3 is 0 Å². The van der Waals surface area contributed by atoms with Gasteiger partial charge in [-0.1, -0.05) is 59.9 Å². The van der Waals surface area contributed by atoms with Gasteiger partial charge in [-0.2, -0.15) is 0 Å². The van der Waals surface area contributed by atoms with E-state index in [0.29, 0.717) is 17.2 Å². The number of nitrogens with zero attached hydrogens (tertiary/aromatic N) is 4. The van der Waals surface area contributed by atoms with E-state index in [2.05, 4.69) is 4.90 Å². The van der Waals surface area contributed by atoms with E-state index in [9.17, 15) is 4.79 Å². The minimum absolute atomic E-state index is 0.0736. The Hall–Kier alpha value is -3.81. The van der Waals surface area contributed by atoms with E-state index in [1.54, 1.807) is 7.11 Å². The molecule has 6 nitrogen and oxygen atoms in total. The van der Waals surface area contributed by atoms with Gasteiger partial charge in [0, 0.05) is 23.6 Å². The predicted octanol–water partition coefficient (Wildman–Crippen LogP) is 6.12. The van der Waals surface area contributed by atoms with Crippen molar-refractivity contribution >= 4 is 43.5 Å². The van der Waals surface area contributed by atoms with Crippen LogP contribution in [0.3, 0.4) is 0 Å². The van der Waals surface area contributed by atoms with Crippen molar-refractivity contribution in [3.05, 3.63) is 84.4 Å². The van der Waals surface area contributed by atoms with Crippen molar-refractivity contribution in [2.45, 2.75) is 6.42 Å². The highest BCUT2D eigenvalue weighted by Gasteiger charge is 2.24. The minimum atomic E-state index is -0.0736. The summed E-state index contributed by atoms with van der Waals surface area (Å²) in [5, 5.41) is 1.52. The lowest BCUT2D eigenvalue weighted by molar-refractivity contribution is 0.0987. The zero-order valence-electron chi connectivity index (χ0n) is 20.6. The zero-order valence-corrected chi connectivity index (χ0v) is 21.5. The lowest BCUT2D eigenvalue weighted by atomic mass is 10.0. The number of hydrogen-bond donors (Lipinski definition) is 0. The number of anilines is 1. The predicted molar refractivity (Wildman–Crippen MR) is 148 cm³/mol. The van der Waals surface area contributed by atoms with Gasteiger partial charge in [-0.05, 0) is 51.3 Å². The van der Waals surface area contributed by atoms with Crippen molar-refractivity contribution in [1.82, 2.24) is 14.9 Å². The fraction of sp³-hybridized carbons (Fsp3) is 0.207. The Labute approximate surface area is 214 Å². The van der Waals surface area contributed by atoms with Crippen LogP contribution in [0, 0.1) is 0 Å². The van der Waals surface area contributed by atoms with Crippen LogP contribution in [0.15, 0.2) is 78.9 Å². The molecule has 7 heteroatoms. The minimum Gasteiger partial charge on any atom is -0.497 e. The summed E-state index contributed by atoms with van der Waals surface area (Å²) in [6.45, 7) is 1.43. The first-order valence-corrected chi connectivity index (χ1v) is 12.7. The van der Waals surface area contributed by atoms with E-state index in [-0.39, 0.29) is 5.91 Å². The Morgan fingerprint density at radius 2 is 1.67 bits per heavy atom. The molecule has 0 spiro atoms. The number of carbonyl (C=O) groups excluding carboxylic acids is 1. The molecule has 0 N–H and O–H groups in total. The number of rotatable bonds is 8. The molecule has 5 rings (SSSR count). The molecular formula is C29H28N4O2S. The van der Waals surface area contributed by atoms with Gasteiger partial charge in [0.1, 0.15) is 5.75 Å². The van der Waals surface area contributed by atoms with Crippen LogP contribution in [0.4, 0.5) is 5.13 Å². The lowest BCUT2D eigenvalue weighted by Crippen LogP contribution is -2.33. The van der Waals surface area contributed by atoms with E-state index in [1.807, 2.05) is 97.9 Å². The van der Waals surface area contributed by atoms with Crippen LogP contribution in [0.25, 0.3) is 32.4 Å². The van der Waals surface area contributed by atoms with Gasteiger partial charge in [0.15, 0.2) is 5.13 Å². The molecule has 36 heavy (non-hydrogen) atoms. The smallest absolute Gasteiger partial charge is 0.260 e. The molecule has 0 unspecified atom stereocenters. The molecule has 0 saturated heterocycles. The summed E-state index contributed by atoms with van der Waals surface area (Å²) in [4.78, 5) is 27.9. The van der Waals surface area contributed by atoms with E-state index in [0.717, 1.165) is 51.1 Å². The Kier molecular flexibility index (Phi) is 6.93. The molecule has 0 radical (unpaired) electrons. The van der Waals surface area contributed by atoms with Crippen molar-refractivity contribution in [1.29, 1.82) is 0 Å². The molecule has 5 aromatic rings. The van der Waals surface area contributed by atoms with Crippen molar-refractivity contribution in [2.24, 2.45) is 0 Å². The topological polar surface area (TPSA) is 58.6 Å². The van der Waals surface area contributed by atoms with Gasteiger partial charge in [-0.15, -0.1) is 0 Å². The summed E-state index contributed by atoms with van der Waals surface area (Å²) in [6, 6.07) is 25.5. The second kappa shape index (κ2) is 10.4. The molecular weight excluding hydrogens is 468 g/mol. The van der Waals surface area contributed by atoms with Crippen LogP contribution in [-0.4, -0.2) is 55.1 Å². The van der Waals surface area contributed by atoms with Crippen LogP contribution in [-0.2, 0) is 0 Å². The summed E-state index contributed by atoms with van der Waals surface area (Å²) in [7, 11) is 5.72. The number of carbonyl (C=O) groups is 1. The maximum absolute atomic E-state index is 14.2. The normalized spacial score (nSPS) is 11.3. The van der Waals surface area contributed by atoms with Crippen LogP contribution in [0.1, 0.15) is 16.8 Å². The number of methoxy groups -OCH3 is 1. The van der Waals surface area contributed by atoms with Gasteiger partial charge in [0.2, 0.25) is 0 Å². The highest BCUT2D eigenvalue weighted by Crippen LogP contribution is 2.33. The first-order valence-electron chi connectivity index (χ1n) is 11.9. The third-order valence-corrected chi connectivity index (χ3v) is 7.12. The molecule has 2 aromatic heterocycles. The fourth-order valence-corrected chi connectivity index (χ4v) is 5.19. The molecule has 0 saturated carbocycles. The Bertz CT molecular complexity index is 1510. The molecule has 182 valence electrons. The first kappa shape index (κ1) is 23.9. The maximum Gasteiger partial charge on any atom is 0.260 e. The zero-order chi connectivity index (χ0) is 25.1. The molecule has 0 aliphatic heterocycles. The molecule has 1 amide bonds. The average molecular weight is 497 g/mol. The summed E-state index contributed by atoms with van der Waals surface area (Å²) in [5.41, 5.74) is 4.00. The van der Waals surface area contributed by atoms with Gasteiger partial charge in [0.05, 0.1) is 34.1 Å². The summed E-state index contributed by atoms with van der Waals surface area (Å²) >= 11 is 1.52. The average Bonchev–Trinajstić information content (AvgIpc) is 3.33. The Morgan fingerprint density at radius 3 is 2.44 bits per heavy atom. The molecule has 2 heterocycles. The van der Waals surface area contributed by atoms with Gasteiger partial charge in [-0.25, -0.2) is 9.97 Å². The second-order valence-corrected chi connectivity index (χ2v) is 9.89. The number of thiazole rings is 1. The molecule has 3 aromatic carbocycles. The fourth-order valence-electron chi connectivity index (χ4n) is 4.22. The largest absolute Gasteiger partial charge is 0.497 e. The molecule has 0 aliphatic carbocycles. The van der Waals surface area contributed by atoms with E-state index < -0.39 is 0 Å². The van der Waals surface area contributed by atoms with Crippen molar-refractivity contribution in [3.63, 3.8) is 0 Å². The van der Waals surface area contributed by atoms with E-state index in [4.69, 9.17) is 14.7 Å². The number of amides is 1. The summed E-state index contributed by atoms with van der Waals surface area (Å²) < 4.78 is 6.39. The quantitative estimate of drug-likeness (QED) is 0.259. The molecule has 0 aliphatic rings. The maximum atomic E-state index is 14.2. The van der Waals surface area contributed by atoms with E-state index >= 15 is 0 Å². The highest BCUT2D eigenvalue weighted by molar-refractivity contribution is 7.22. The monoisotopic (exact) mass is 496 g/mol. The molecule has 0 atom stereocenters. The van der Waals surface area contributed by atoms with Crippen molar-refractivity contribution in [2.75, 3.05) is 39.2 Å². The number of aromatic nitrogens is 2. The lowest BCUT2D eigenvalue weighted by Gasteiger charge is -2.22. The Balaban J connectivity index is 1.61. The van der Waals surface area contributed by atoms with Crippen molar-refractivity contribution in [3.8, 4) is 17.0 Å². The third-order valence-electron chi connectivity index (χ3n) is 6.06. The summed E-state index contributed by atoms with van der Waals surface area (Å²) in [5.74, 6) is 0.674. The number of fused-ring (bicyclic) bond motifs is 2. The van der Waals surface area contributed by atoms with E-state index in [1.165, 1.54) is 11.3 Å². The standard InChI is InChI=1S/C29H28N4O2S/c1-32(2)16-9-17-33(29-31-26-18-21(35-3)14-15-27(26)36-29)28(34)23-19-25(20-10-5-4-6-11-20)30-24-13-8-7-12-22(23)24/h4-8,10-15,18-19H,9,16-17H2,1-3H3. The van der Waals surface area contributed by atoms with Gasteiger partial charge in [-0.3, -0.25) is 9.69 Å². The van der Waals surface area contributed by atoms with Crippen LogP contribution < -0.4 is 9.64 Å². The van der Waals surface area contributed by atoms with Crippen molar-refractivity contribution < 1.29 is 9.53 Å². The third kappa shape index (κ3) is 4.94. The first-order chi connectivity index (χ1) is 17.5. The number of hydrogen-bond acceptors (Lipinski definition) is 6. The summed E-state index contributed by atoms with van der Waals surface area (Å²) in [6.07, 6.45) is 0.826. The number of pyridine rings is 1. The van der Waals surface area contributed by atoms with Crippen LogP contribution in [0.2, 0.25) is 0 Å². The number of ether oxygens (including phenoxy) is 1. The van der Waals surface area contributed by atoms with Crippen LogP contribution in [0.5, 0.6) is 5.75 Å².